The van der Waals surface area contributed by atoms with Crippen LogP contribution in [0.2, 0.25) is 0 Å². The number of halogens is 1. The predicted molar refractivity (Wildman–Crippen MR) is 88.6 cm³/mol. The van der Waals surface area contributed by atoms with Crippen molar-refractivity contribution in [3.05, 3.63) is 0 Å². The van der Waals surface area contributed by atoms with Gasteiger partial charge in [-0.3, -0.25) is 8.32 Å². The maximum Gasteiger partial charge on any atom is 0.310 e. The number of carbonyl (C=O) groups is 1. The standard InChI is InChI=1S/C15H28INO3/c1-11(12(2)17-16)14(18)20-13-7-5-4-6-9-15(3,19)10-8-13/h11-13,17,19H,4-10H2,1-3H3. The molecule has 0 spiro atoms. The van der Waals surface area contributed by atoms with Crippen LogP contribution in [0, 0.1) is 5.92 Å². The van der Waals surface area contributed by atoms with Crippen LogP contribution in [-0.2, 0) is 9.53 Å². The lowest BCUT2D eigenvalue weighted by Gasteiger charge is -2.26. The van der Waals surface area contributed by atoms with E-state index in [2.05, 4.69) is 26.4 Å². The first kappa shape index (κ1) is 18.2. The number of hydrogen-bond donors (Lipinski definition) is 2. The van der Waals surface area contributed by atoms with E-state index >= 15 is 0 Å². The van der Waals surface area contributed by atoms with Gasteiger partial charge in [0.2, 0.25) is 0 Å². The lowest BCUT2D eigenvalue weighted by atomic mass is 9.93. The molecule has 20 heavy (non-hydrogen) atoms. The molecular formula is C15H28INO3. The number of esters is 1. The van der Waals surface area contributed by atoms with Crippen LogP contribution in [0.15, 0.2) is 0 Å². The summed E-state index contributed by atoms with van der Waals surface area (Å²) in [5.74, 6) is -0.286. The molecule has 2 N–H and O–H groups in total. The largest absolute Gasteiger partial charge is 0.462 e. The van der Waals surface area contributed by atoms with Crippen LogP contribution >= 0.6 is 22.9 Å². The molecule has 5 heteroatoms. The van der Waals surface area contributed by atoms with E-state index in [9.17, 15) is 9.90 Å². The van der Waals surface area contributed by atoms with Crippen LogP contribution in [0.3, 0.4) is 0 Å². The van der Waals surface area contributed by atoms with Crippen LogP contribution < -0.4 is 3.53 Å². The van der Waals surface area contributed by atoms with Gasteiger partial charge in [0, 0.05) is 28.9 Å². The smallest absolute Gasteiger partial charge is 0.310 e. The summed E-state index contributed by atoms with van der Waals surface area (Å²) in [6, 6.07) is 0.0996. The van der Waals surface area contributed by atoms with E-state index in [-0.39, 0.29) is 24.0 Å². The molecule has 118 valence electrons. The summed E-state index contributed by atoms with van der Waals surface area (Å²) in [4.78, 5) is 12.1. The zero-order chi connectivity index (χ0) is 15.2. The second-order valence-corrected chi connectivity index (χ2v) is 7.00. The van der Waals surface area contributed by atoms with Gasteiger partial charge in [-0.05, 0) is 46.0 Å². The first-order valence-electron chi connectivity index (χ1n) is 7.65. The summed E-state index contributed by atoms with van der Waals surface area (Å²) in [5.41, 5.74) is -0.613. The topological polar surface area (TPSA) is 58.6 Å². The Morgan fingerprint density at radius 2 is 2.00 bits per heavy atom. The van der Waals surface area contributed by atoms with Crippen molar-refractivity contribution in [2.75, 3.05) is 0 Å². The van der Waals surface area contributed by atoms with Crippen LogP contribution in [0.4, 0.5) is 0 Å². The highest BCUT2D eigenvalue weighted by molar-refractivity contribution is 14.1. The van der Waals surface area contributed by atoms with Gasteiger partial charge in [-0.2, -0.15) is 0 Å². The van der Waals surface area contributed by atoms with Gasteiger partial charge in [0.1, 0.15) is 6.10 Å². The van der Waals surface area contributed by atoms with Crippen LogP contribution in [0.1, 0.15) is 65.7 Å². The first-order valence-corrected chi connectivity index (χ1v) is 8.72. The number of carbonyl (C=O) groups excluding carboxylic acids is 1. The minimum Gasteiger partial charge on any atom is -0.462 e. The Balaban J connectivity index is 2.53. The van der Waals surface area contributed by atoms with Crippen molar-refractivity contribution in [2.45, 2.75) is 83.5 Å². The number of aliphatic hydroxyl groups is 1. The fraction of sp³-hybridized carbons (Fsp3) is 0.933. The zero-order valence-electron chi connectivity index (χ0n) is 12.8. The second kappa shape index (κ2) is 8.54. The van der Waals surface area contributed by atoms with E-state index in [1.807, 2.05) is 20.8 Å². The van der Waals surface area contributed by atoms with Crippen molar-refractivity contribution in [3.8, 4) is 0 Å². The van der Waals surface area contributed by atoms with E-state index in [4.69, 9.17) is 4.74 Å². The normalized spacial score (nSPS) is 31.6. The summed E-state index contributed by atoms with van der Waals surface area (Å²) in [6.07, 6.45) is 6.42. The highest BCUT2D eigenvalue weighted by atomic mass is 127. The number of rotatable bonds is 4. The third-order valence-corrected chi connectivity index (χ3v) is 5.31. The SMILES string of the molecule is CC(NI)C(C)C(=O)OC1CCCCCC(C)(O)CC1. The Hall–Kier alpha value is 0.120. The van der Waals surface area contributed by atoms with Gasteiger partial charge < -0.3 is 9.84 Å². The molecule has 1 fully saturated rings. The minimum absolute atomic E-state index is 0.0454. The first-order chi connectivity index (χ1) is 9.35. The molecule has 0 radical (unpaired) electrons. The third kappa shape index (κ3) is 6.26. The average Bonchev–Trinajstić information content (AvgIpc) is 2.48. The molecule has 4 atom stereocenters. The van der Waals surface area contributed by atoms with Gasteiger partial charge in [0.15, 0.2) is 0 Å². The second-order valence-electron chi connectivity index (χ2n) is 6.38. The number of hydrogen-bond acceptors (Lipinski definition) is 4. The monoisotopic (exact) mass is 397 g/mol. The summed E-state index contributed by atoms with van der Waals surface area (Å²) < 4.78 is 8.72. The van der Waals surface area contributed by atoms with Crippen molar-refractivity contribution >= 4 is 28.8 Å². The fourth-order valence-electron chi connectivity index (χ4n) is 2.48. The Morgan fingerprint density at radius 1 is 1.30 bits per heavy atom. The van der Waals surface area contributed by atoms with Gasteiger partial charge in [-0.25, -0.2) is 0 Å². The van der Waals surface area contributed by atoms with E-state index in [0.717, 1.165) is 38.5 Å². The van der Waals surface area contributed by atoms with Crippen LogP contribution in [-0.4, -0.2) is 28.8 Å². The van der Waals surface area contributed by atoms with Crippen molar-refractivity contribution < 1.29 is 14.6 Å². The van der Waals surface area contributed by atoms with Crippen molar-refractivity contribution in [3.63, 3.8) is 0 Å². The molecule has 1 aliphatic rings. The summed E-state index contributed by atoms with van der Waals surface area (Å²) in [5, 5.41) is 10.2. The molecule has 0 amide bonds. The highest BCUT2D eigenvalue weighted by Crippen LogP contribution is 2.27. The molecular weight excluding hydrogens is 369 g/mol. The summed E-state index contributed by atoms with van der Waals surface area (Å²) in [6.45, 7) is 5.76. The Morgan fingerprint density at radius 3 is 2.65 bits per heavy atom. The lowest BCUT2D eigenvalue weighted by Crippen LogP contribution is -2.34. The molecule has 0 aromatic carbocycles. The molecule has 1 saturated carbocycles. The maximum atomic E-state index is 12.1. The van der Waals surface area contributed by atoms with Crippen molar-refractivity contribution in [1.29, 1.82) is 0 Å². The van der Waals surface area contributed by atoms with Gasteiger partial charge in [-0.1, -0.05) is 19.8 Å². The van der Waals surface area contributed by atoms with Gasteiger partial charge in [0.25, 0.3) is 0 Å². The third-order valence-electron chi connectivity index (χ3n) is 4.32. The average molecular weight is 397 g/mol. The minimum atomic E-state index is -0.613. The van der Waals surface area contributed by atoms with Crippen molar-refractivity contribution in [1.82, 2.24) is 3.53 Å². The highest BCUT2D eigenvalue weighted by Gasteiger charge is 2.27. The molecule has 0 heterocycles. The molecule has 0 aliphatic heterocycles. The summed E-state index contributed by atoms with van der Waals surface area (Å²) >= 11 is 2.06. The molecule has 1 rings (SSSR count). The Labute approximate surface area is 136 Å². The molecule has 0 aromatic heterocycles. The van der Waals surface area contributed by atoms with E-state index in [1.54, 1.807) is 0 Å². The quantitative estimate of drug-likeness (QED) is 0.434. The zero-order valence-corrected chi connectivity index (χ0v) is 15.0. The van der Waals surface area contributed by atoms with E-state index in [1.165, 1.54) is 0 Å². The predicted octanol–water partition coefficient (Wildman–Crippen LogP) is 3.36. The molecule has 0 bridgehead atoms. The van der Waals surface area contributed by atoms with Gasteiger partial charge in [0.05, 0.1) is 11.5 Å². The van der Waals surface area contributed by atoms with Crippen LogP contribution in [0.25, 0.3) is 0 Å². The fourth-order valence-corrected chi connectivity index (χ4v) is 3.02. The lowest BCUT2D eigenvalue weighted by molar-refractivity contribution is -0.155. The van der Waals surface area contributed by atoms with E-state index < -0.39 is 5.60 Å². The molecule has 1 aliphatic carbocycles. The Kier molecular flexibility index (Phi) is 7.75. The molecule has 4 unspecified atom stereocenters. The van der Waals surface area contributed by atoms with Crippen molar-refractivity contribution in [2.24, 2.45) is 5.92 Å². The molecule has 0 aromatic rings. The number of ether oxygens (including phenoxy) is 1. The van der Waals surface area contributed by atoms with Crippen LogP contribution in [0.5, 0.6) is 0 Å². The molecule has 0 saturated heterocycles. The summed E-state index contributed by atoms with van der Waals surface area (Å²) in [7, 11) is 0. The maximum absolute atomic E-state index is 12.1. The van der Waals surface area contributed by atoms with Gasteiger partial charge in [-0.15, -0.1) is 0 Å². The van der Waals surface area contributed by atoms with E-state index in [0.29, 0.717) is 6.42 Å². The van der Waals surface area contributed by atoms with Gasteiger partial charge >= 0.3 is 5.97 Å². The Bertz CT molecular complexity index is 309. The molecule has 4 nitrogen and oxygen atoms in total. The number of nitrogens with one attached hydrogen (secondary N) is 1.